The van der Waals surface area contributed by atoms with E-state index in [9.17, 15) is 4.79 Å². The van der Waals surface area contributed by atoms with Crippen molar-refractivity contribution in [2.45, 2.75) is 26.4 Å². The van der Waals surface area contributed by atoms with Gasteiger partial charge in [0.2, 0.25) is 0 Å². The predicted molar refractivity (Wildman–Crippen MR) is 71.1 cm³/mol. The molecular weight excluding hydrogens is 214 g/mol. The van der Waals surface area contributed by atoms with E-state index in [1.54, 1.807) is 14.1 Å². The van der Waals surface area contributed by atoms with Gasteiger partial charge in [0, 0.05) is 32.4 Å². The second-order valence-corrected chi connectivity index (χ2v) is 4.56. The fourth-order valence-electron chi connectivity index (χ4n) is 1.26. The van der Waals surface area contributed by atoms with Gasteiger partial charge in [-0.1, -0.05) is 26.0 Å². The van der Waals surface area contributed by atoms with Crippen LogP contribution in [-0.2, 0) is 6.54 Å². The summed E-state index contributed by atoms with van der Waals surface area (Å²) in [5.41, 5.74) is 2.03. The first-order chi connectivity index (χ1) is 7.99. The average Bonchev–Trinajstić information content (AvgIpc) is 2.28. The fraction of sp³-hybridized carbons (Fsp3) is 0.462. The Morgan fingerprint density at radius 2 is 1.82 bits per heavy atom. The van der Waals surface area contributed by atoms with Crippen molar-refractivity contribution in [2.24, 2.45) is 0 Å². The molecule has 94 valence electrons. The molecule has 0 bridgehead atoms. The van der Waals surface area contributed by atoms with Crippen molar-refractivity contribution < 1.29 is 4.79 Å². The molecule has 1 aromatic carbocycles. The summed E-state index contributed by atoms with van der Waals surface area (Å²) in [6.07, 6.45) is 0. The highest BCUT2D eigenvalue weighted by molar-refractivity contribution is 5.88. The molecule has 2 N–H and O–H groups in total. The number of nitrogens with zero attached hydrogens (tertiary/aromatic N) is 1. The summed E-state index contributed by atoms with van der Waals surface area (Å²) < 4.78 is 0. The van der Waals surface area contributed by atoms with Gasteiger partial charge in [0.1, 0.15) is 0 Å². The maximum atomic E-state index is 11.4. The van der Waals surface area contributed by atoms with Gasteiger partial charge in [-0.05, 0) is 17.7 Å². The summed E-state index contributed by atoms with van der Waals surface area (Å²) >= 11 is 0. The molecule has 0 fully saturated rings. The molecule has 2 amide bonds. The second kappa shape index (κ2) is 6.25. The molecule has 0 aromatic heterocycles. The number of nitrogens with one attached hydrogen (secondary N) is 2. The molecule has 0 aliphatic heterocycles. The molecule has 0 aliphatic rings. The van der Waals surface area contributed by atoms with Crippen molar-refractivity contribution >= 4 is 11.7 Å². The number of anilines is 1. The normalized spacial score (nSPS) is 10.4. The maximum Gasteiger partial charge on any atom is 0.321 e. The average molecular weight is 235 g/mol. The largest absolute Gasteiger partial charge is 0.331 e. The molecule has 0 radical (unpaired) electrons. The number of hydrogen-bond acceptors (Lipinski definition) is 2. The lowest BCUT2D eigenvalue weighted by Crippen LogP contribution is -2.27. The van der Waals surface area contributed by atoms with Crippen LogP contribution < -0.4 is 10.6 Å². The van der Waals surface area contributed by atoms with Crippen LogP contribution in [0.1, 0.15) is 19.4 Å². The zero-order chi connectivity index (χ0) is 12.8. The van der Waals surface area contributed by atoms with Crippen molar-refractivity contribution in [1.29, 1.82) is 0 Å². The molecule has 0 spiro atoms. The molecular formula is C13H21N3O. The zero-order valence-electron chi connectivity index (χ0n) is 10.9. The van der Waals surface area contributed by atoms with Crippen LogP contribution in [0.2, 0.25) is 0 Å². The minimum absolute atomic E-state index is 0.113. The van der Waals surface area contributed by atoms with Crippen molar-refractivity contribution in [3.8, 4) is 0 Å². The number of hydrogen-bond donors (Lipinski definition) is 2. The Morgan fingerprint density at radius 1 is 1.24 bits per heavy atom. The topological polar surface area (TPSA) is 44.4 Å². The van der Waals surface area contributed by atoms with Gasteiger partial charge in [-0.15, -0.1) is 0 Å². The van der Waals surface area contributed by atoms with Crippen LogP contribution in [-0.4, -0.2) is 31.1 Å². The van der Waals surface area contributed by atoms with Crippen LogP contribution in [0.4, 0.5) is 10.5 Å². The molecule has 1 rings (SSSR count). The van der Waals surface area contributed by atoms with Crippen LogP contribution in [0.3, 0.4) is 0 Å². The van der Waals surface area contributed by atoms with Gasteiger partial charge >= 0.3 is 6.03 Å². The molecule has 4 nitrogen and oxygen atoms in total. The molecule has 0 unspecified atom stereocenters. The van der Waals surface area contributed by atoms with Gasteiger partial charge in [-0.2, -0.15) is 0 Å². The lowest BCUT2D eigenvalue weighted by molar-refractivity contribution is 0.230. The van der Waals surface area contributed by atoms with Gasteiger partial charge in [-0.25, -0.2) is 4.79 Å². The standard InChI is InChI=1S/C13H21N3O/c1-10(2)14-9-11-5-7-12(8-6-11)15-13(17)16(3)4/h5-8,10,14H,9H2,1-4H3,(H,15,17). The van der Waals surface area contributed by atoms with Gasteiger partial charge < -0.3 is 15.5 Å². The van der Waals surface area contributed by atoms with Gasteiger partial charge in [0.05, 0.1) is 0 Å². The Kier molecular flexibility index (Phi) is 4.97. The first-order valence-corrected chi connectivity index (χ1v) is 5.79. The smallest absolute Gasteiger partial charge is 0.321 e. The lowest BCUT2D eigenvalue weighted by atomic mass is 10.2. The Balaban J connectivity index is 2.53. The molecule has 0 saturated heterocycles. The highest BCUT2D eigenvalue weighted by Crippen LogP contribution is 2.10. The highest BCUT2D eigenvalue weighted by Gasteiger charge is 2.03. The summed E-state index contributed by atoms with van der Waals surface area (Å²) in [7, 11) is 3.44. The van der Waals surface area contributed by atoms with Crippen LogP contribution in [0.25, 0.3) is 0 Å². The van der Waals surface area contributed by atoms with Crippen molar-refractivity contribution in [3.05, 3.63) is 29.8 Å². The van der Waals surface area contributed by atoms with Crippen LogP contribution >= 0.6 is 0 Å². The minimum Gasteiger partial charge on any atom is -0.331 e. The monoisotopic (exact) mass is 235 g/mol. The SMILES string of the molecule is CC(C)NCc1ccc(NC(=O)N(C)C)cc1. The quantitative estimate of drug-likeness (QED) is 0.841. The van der Waals surface area contributed by atoms with Gasteiger partial charge in [0.15, 0.2) is 0 Å². The van der Waals surface area contributed by atoms with E-state index in [1.165, 1.54) is 10.5 Å². The molecule has 0 atom stereocenters. The molecule has 17 heavy (non-hydrogen) atoms. The molecule has 1 aromatic rings. The van der Waals surface area contributed by atoms with Crippen LogP contribution in [0, 0.1) is 0 Å². The third-order valence-corrected chi connectivity index (χ3v) is 2.33. The number of carbonyl (C=O) groups excluding carboxylic acids is 1. The first-order valence-electron chi connectivity index (χ1n) is 5.79. The Hall–Kier alpha value is -1.55. The number of rotatable bonds is 4. The molecule has 0 saturated carbocycles. The first kappa shape index (κ1) is 13.5. The van der Waals surface area contributed by atoms with Crippen LogP contribution in [0.5, 0.6) is 0 Å². The lowest BCUT2D eigenvalue weighted by Gasteiger charge is -2.12. The molecule has 4 heteroatoms. The summed E-state index contributed by atoms with van der Waals surface area (Å²) in [6.45, 7) is 5.08. The summed E-state index contributed by atoms with van der Waals surface area (Å²) in [4.78, 5) is 12.9. The van der Waals surface area contributed by atoms with Crippen LogP contribution in [0.15, 0.2) is 24.3 Å². The minimum atomic E-state index is -0.113. The molecule has 0 heterocycles. The summed E-state index contributed by atoms with van der Waals surface area (Å²) in [5, 5.41) is 6.14. The van der Waals surface area contributed by atoms with E-state index in [-0.39, 0.29) is 6.03 Å². The van der Waals surface area contributed by atoms with E-state index < -0.39 is 0 Å². The Labute approximate surface area is 103 Å². The third kappa shape index (κ3) is 4.87. The van der Waals surface area contributed by atoms with Gasteiger partial charge in [-0.3, -0.25) is 0 Å². The third-order valence-electron chi connectivity index (χ3n) is 2.33. The van der Waals surface area contributed by atoms with Crippen molar-refractivity contribution in [2.75, 3.05) is 19.4 Å². The van der Waals surface area contributed by atoms with E-state index in [1.807, 2.05) is 24.3 Å². The van der Waals surface area contributed by atoms with Crippen molar-refractivity contribution in [3.63, 3.8) is 0 Å². The number of urea groups is 1. The number of amides is 2. The van der Waals surface area contributed by atoms with E-state index in [4.69, 9.17) is 0 Å². The van der Waals surface area contributed by atoms with Gasteiger partial charge in [0.25, 0.3) is 0 Å². The Bertz CT molecular complexity index is 357. The molecule has 0 aliphatic carbocycles. The van der Waals surface area contributed by atoms with E-state index in [0.717, 1.165) is 12.2 Å². The summed E-state index contributed by atoms with van der Waals surface area (Å²) in [6, 6.07) is 8.22. The number of carbonyl (C=O) groups is 1. The van der Waals surface area contributed by atoms with Crippen molar-refractivity contribution in [1.82, 2.24) is 10.2 Å². The Morgan fingerprint density at radius 3 is 2.29 bits per heavy atom. The van der Waals surface area contributed by atoms with E-state index in [0.29, 0.717) is 6.04 Å². The number of benzene rings is 1. The zero-order valence-corrected chi connectivity index (χ0v) is 10.9. The van der Waals surface area contributed by atoms with E-state index in [2.05, 4.69) is 24.5 Å². The predicted octanol–water partition coefficient (Wildman–Crippen LogP) is 2.28. The highest BCUT2D eigenvalue weighted by atomic mass is 16.2. The second-order valence-electron chi connectivity index (χ2n) is 4.56. The maximum absolute atomic E-state index is 11.4. The fourth-order valence-corrected chi connectivity index (χ4v) is 1.26. The van der Waals surface area contributed by atoms with E-state index >= 15 is 0 Å². The summed E-state index contributed by atoms with van der Waals surface area (Å²) in [5.74, 6) is 0.